The Labute approximate surface area is 256 Å². The fraction of sp³-hybridized carbons (Fsp3) is 0.0476. The first kappa shape index (κ1) is 24.9. The van der Waals surface area contributed by atoms with Gasteiger partial charge in [0.1, 0.15) is 0 Å². The van der Waals surface area contributed by atoms with Crippen molar-refractivity contribution in [1.29, 1.82) is 0 Å². The van der Waals surface area contributed by atoms with E-state index in [1.165, 1.54) is 77.6 Å². The largest absolute Gasteiger partial charge is 0.313 e. The van der Waals surface area contributed by atoms with Gasteiger partial charge in [0.25, 0.3) is 0 Å². The first-order valence-electron chi connectivity index (χ1n) is 15.4. The van der Waals surface area contributed by atoms with Crippen molar-refractivity contribution in [2.24, 2.45) is 0 Å². The average molecular weight is 563 g/mol. The smallest absolute Gasteiger partial charge is 0.0562 e. The molecule has 0 N–H and O–H groups in total. The minimum Gasteiger partial charge on any atom is -0.313 e. The lowest BCUT2D eigenvalue weighted by Gasteiger charge is -2.15. The molecule has 9 rings (SSSR count). The summed E-state index contributed by atoms with van der Waals surface area (Å²) in [5.41, 5.74) is 13.8. The van der Waals surface area contributed by atoms with Gasteiger partial charge in [0.05, 0.1) is 16.6 Å². The van der Waals surface area contributed by atoms with Crippen LogP contribution in [0.15, 0.2) is 152 Å². The van der Waals surface area contributed by atoms with Crippen molar-refractivity contribution >= 4 is 38.8 Å². The molecule has 2 aromatic heterocycles. The van der Waals surface area contributed by atoms with Crippen LogP contribution in [0.2, 0.25) is 0 Å². The molecule has 0 unspecified atom stereocenters. The van der Waals surface area contributed by atoms with Crippen LogP contribution in [0.5, 0.6) is 0 Å². The van der Waals surface area contributed by atoms with Crippen molar-refractivity contribution in [1.82, 2.24) is 9.13 Å². The number of hydrogen-bond donors (Lipinski definition) is 0. The van der Waals surface area contributed by atoms with Crippen molar-refractivity contribution in [2.45, 2.75) is 12.8 Å². The number of para-hydroxylation sites is 2. The van der Waals surface area contributed by atoms with Gasteiger partial charge < -0.3 is 9.13 Å². The Balaban J connectivity index is 1.29. The number of nitrogens with zero attached hydrogens (tertiary/aromatic N) is 2. The lowest BCUT2D eigenvalue weighted by atomic mass is 9.98. The SMILES string of the molecule is C1=Cc2c(n(-c3cccc(-c4cccc(-c5ccccc5)c4)c3)c3cc4c(cc23)c2ccccc2n4-c2ccccc2)CC1. The third-order valence-corrected chi connectivity index (χ3v) is 9.16. The number of allylic oxidation sites excluding steroid dienone is 1. The highest BCUT2D eigenvalue weighted by Gasteiger charge is 2.22. The molecule has 0 atom stereocenters. The lowest BCUT2D eigenvalue weighted by Crippen LogP contribution is -2.03. The van der Waals surface area contributed by atoms with Gasteiger partial charge in [0.15, 0.2) is 0 Å². The van der Waals surface area contributed by atoms with Gasteiger partial charge >= 0.3 is 0 Å². The van der Waals surface area contributed by atoms with Crippen LogP contribution in [0, 0.1) is 0 Å². The molecule has 1 aliphatic carbocycles. The molecule has 2 heteroatoms. The van der Waals surface area contributed by atoms with Gasteiger partial charge in [-0.05, 0) is 83.6 Å². The van der Waals surface area contributed by atoms with E-state index in [2.05, 4.69) is 167 Å². The highest BCUT2D eigenvalue weighted by molar-refractivity contribution is 6.14. The highest BCUT2D eigenvalue weighted by atomic mass is 15.0. The van der Waals surface area contributed by atoms with Crippen molar-refractivity contribution in [3.05, 3.63) is 163 Å². The quantitative estimate of drug-likeness (QED) is 0.202. The molecule has 2 heterocycles. The van der Waals surface area contributed by atoms with E-state index in [0.29, 0.717) is 0 Å². The maximum absolute atomic E-state index is 2.52. The molecule has 8 aromatic rings. The summed E-state index contributed by atoms with van der Waals surface area (Å²) in [7, 11) is 0. The van der Waals surface area contributed by atoms with Crippen LogP contribution in [0.3, 0.4) is 0 Å². The lowest BCUT2D eigenvalue weighted by molar-refractivity contribution is 0.889. The summed E-state index contributed by atoms with van der Waals surface area (Å²) < 4.78 is 4.94. The zero-order chi connectivity index (χ0) is 29.0. The Morgan fingerprint density at radius 2 is 1.05 bits per heavy atom. The third kappa shape index (κ3) is 3.88. The maximum atomic E-state index is 2.52. The van der Waals surface area contributed by atoms with E-state index in [1.54, 1.807) is 0 Å². The molecule has 2 nitrogen and oxygen atoms in total. The van der Waals surface area contributed by atoms with E-state index in [4.69, 9.17) is 0 Å². The molecular weight excluding hydrogens is 532 g/mol. The van der Waals surface area contributed by atoms with Gasteiger partial charge in [-0.2, -0.15) is 0 Å². The fourth-order valence-electron chi connectivity index (χ4n) is 7.16. The Hall–Kier alpha value is -5.60. The molecule has 44 heavy (non-hydrogen) atoms. The summed E-state index contributed by atoms with van der Waals surface area (Å²) in [6, 6.07) is 53.0. The maximum Gasteiger partial charge on any atom is 0.0562 e. The molecule has 208 valence electrons. The number of hydrogen-bond acceptors (Lipinski definition) is 0. The Morgan fingerprint density at radius 3 is 1.89 bits per heavy atom. The minimum absolute atomic E-state index is 1.03. The molecule has 0 bridgehead atoms. The third-order valence-electron chi connectivity index (χ3n) is 9.16. The second kappa shape index (κ2) is 10.00. The second-order valence-corrected chi connectivity index (χ2v) is 11.7. The van der Waals surface area contributed by atoms with Crippen LogP contribution in [-0.4, -0.2) is 9.13 Å². The van der Waals surface area contributed by atoms with E-state index in [-0.39, 0.29) is 0 Å². The first-order chi connectivity index (χ1) is 21.8. The fourth-order valence-corrected chi connectivity index (χ4v) is 7.16. The molecule has 0 spiro atoms. The van der Waals surface area contributed by atoms with Gasteiger partial charge in [0.2, 0.25) is 0 Å². The summed E-state index contributed by atoms with van der Waals surface area (Å²) >= 11 is 0. The van der Waals surface area contributed by atoms with Crippen molar-refractivity contribution in [2.75, 3.05) is 0 Å². The Kier molecular flexibility index (Phi) is 5.67. The summed E-state index contributed by atoms with van der Waals surface area (Å²) in [6.45, 7) is 0. The van der Waals surface area contributed by atoms with Crippen molar-refractivity contribution < 1.29 is 0 Å². The van der Waals surface area contributed by atoms with Crippen LogP contribution in [0.25, 0.3) is 72.4 Å². The van der Waals surface area contributed by atoms with Gasteiger partial charge in [-0.25, -0.2) is 0 Å². The number of fused-ring (bicyclic) bond motifs is 6. The standard InChI is InChI=1S/C42H30N2/c1-3-13-29(14-4-1)30-15-11-16-31(25-30)32-17-12-20-34(26-32)44-40-24-10-8-22-36(40)38-27-37-35-21-7-9-23-39(35)43(41(37)28-42(38)44)33-18-5-2-6-19-33/h1-9,11-23,25-28H,10,24H2. The van der Waals surface area contributed by atoms with Crippen LogP contribution in [0.1, 0.15) is 17.7 Å². The van der Waals surface area contributed by atoms with Crippen molar-refractivity contribution in [3.63, 3.8) is 0 Å². The van der Waals surface area contributed by atoms with Gasteiger partial charge in [-0.15, -0.1) is 0 Å². The molecular formula is C42H30N2. The van der Waals surface area contributed by atoms with E-state index in [1.807, 2.05) is 0 Å². The van der Waals surface area contributed by atoms with Gasteiger partial charge in [-0.1, -0.05) is 109 Å². The van der Waals surface area contributed by atoms with E-state index < -0.39 is 0 Å². The Morgan fingerprint density at radius 1 is 0.409 bits per heavy atom. The van der Waals surface area contributed by atoms with Gasteiger partial charge in [0, 0.05) is 38.8 Å². The monoisotopic (exact) mass is 562 g/mol. The second-order valence-electron chi connectivity index (χ2n) is 11.7. The van der Waals surface area contributed by atoms with Crippen LogP contribution < -0.4 is 0 Å². The number of aromatic nitrogens is 2. The summed E-state index contributed by atoms with van der Waals surface area (Å²) in [5.74, 6) is 0. The Bertz CT molecular complexity index is 2370. The first-order valence-corrected chi connectivity index (χ1v) is 15.4. The predicted molar refractivity (Wildman–Crippen MR) is 186 cm³/mol. The molecule has 1 aliphatic rings. The molecule has 0 fully saturated rings. The summed E-state index contributed by atoms with van der Waals surface area (Å²) in [4.78, 5) is 0. The molecule has 0 aliphatic heterocycles. The average Bonchev–Trinajstić information content (AvgIpc) is 3.60. The molecule has 0 saturated heterocycles. The van der Waals surface area contributed by atoms with E-state index >= 15 is 0 Å². The summed E-state index contributed by atoms with van der Waals surface area (Å²) in [5, 5.41) is 3.90. The minimum atomic E-state index is 1.03. The van der Waals surface area contributed by atoms with Crippen LogP contribution in [0.4, 0.5) is 0 Å². The van der Waals surface area contributed by atoms with Crippen LogP contribution in [-0.2, 0) is 6.42 Å². The normalized spacial score (nSPS) is 12.7. The van der Waals surface area contributed by atoms with E-state index in [9.17, 15) is 0 Å². The predicted octanol–water partition coefficient (Wildman–Crippen LogP) is 11.0. The van der Waals surface area contributed by atoms with E-state index in [0.717, 1.165) is 12.8 Å². The highest BCUT2D eigenvalue weighted by Crippen LogP contribution is 2.40. The molecule has 6 aromatic carbocycles. The number of rotatable bonds is 4. The number of benzene rings is 6. The molecule has 0 amide bonds. The van der Waals surface area contributed by atoms with Crippen molar-refractivity contribution in [3.8, 4) is 33.6 Å². The molecule has 0 radical (unpaired) electrons. The topological polar surface area (TPSA) is 9.86 Å². The zero-order valence-electron chi connectivity index (χ0n) is 24.3. The van der Waals surface area contributed by atoms with Gasteiger partial charge in [-0.3, -0.25) is 0 Å². The summed E-state index contributed by atoms with van der Waals surface area (Å²) in [6.07, 6.45) is 6.75. The zero-order valence-corrected chi connectivity index (χ0v) is 24.3. The molecule has 0 saturated carbocycles. The van der Waals surface area contributed by atoms with Crippen LogP contribution >= 0.6 is 0 Å².